The second kappa shape index (κ2) is 14.7. The second-order valence-corrected chi connectivity index (χ2v) is 11.2. The fraction of sp³-hybridized carbons (Fsp3) is 0.121. The summed E-state index contributed by atoms with van der Waals surface area (Å²) in [6.45, 7) is 4.03. The SMILES string of the molecule is CCc1cccc(C)c1NC(=O)CSc1ccc(NC(=O)/C(=C/c2c(Cl)cccc2Cl)NC(=O)c2ccccc2)cc1. The van der Waals surface area contributed by atoms with Crippen LogP contribution in [0.4, 0.5) is 11.4 Å². The molecule has 0 unspecified atom stereocenters. The van der Waals surface area contributed by atoms with Crippen LogP contribution >= 0.6 is 35.0 Å². The lowest BCUT2D eigenvalue weighted by molar-refractivity contribution is -0.114. The lowest BCUT2D eigenvalue weighted by Crippen LogP contribution is -2.30. The molecule has 214 valence electrons. The first-order valence-electron chi connectivity index (χ1n) is 13.2. The molecule has 0 atom stereocenters. The minimum absolute atomic E-state index is 0.0309. The van der Waals surface area contributed by atoms with Crippen molar-refractivity contribution in [2.24, 2.45) is 0 Å². The Kier molecular flexibility index (Phi) is 10.8. The molecule has 0 spiro atoms. The summed E-state index contributed by atoms with van der Waals surface area (Å²) in [5.74, 6) is -0.870. The molecular formula is C33H29Cl2N3O3S. The van der Waals surface area contributed by atoms with Crippen LogP contribution in [-0.2, 0) is 16.0 Å². The van der Waals surface area contributed by atoms with Crippen LogP contribution in [0.3, 0.4) is 0 Å². The van der Waals surface area contributed by atoms with Crippen LogP contribution in [0.25, 0.3) is 6.08 Å². The predicted molar refractivity (Wildman–Crippen MR) is 173 cm³/mol. The number of rotatable bonds is 10. The molecule has 4 rings (SSSR count). The number of para-hydroxylation sites is 1. The first-order valence-corrected chi connectivity index (χ1v) is 14.9. The van der Waals surface area contributed by atoms with Gasteiger partial charge in [0.15, 0.2) is 0 Å². The summed E-state index contributed by atoms with van der Waals surface area (Å²) >= 11 is 14.0. The number of carbonyl (C=O) groups is 3. The van der Waals surface area contributed by atoms with Crippen LogP contribution in [0.15, 0.2) is 102 Å². The van der Waals surface area contributed by atoms with E-state index in [0.717, 1.165) is 28.1 Å². The minimum atomic E-state index is -0.556. The van der Waals surface area contributed by atoms with E-state index in [4.69, 9.17) is 23.2 Å². The number of thioether (sulfide) groups is 1. The average Bonchev–Trinajstić information content (AvgIpc) is 2.99. The Morgan fingerprint density at radius 3 is 2.14 bits per heavy atom. The quantitative estimate of drug-likeness (QED) is 0.124. The number of hydrogen-bond donors (Lipinski definition) is 3. The van der Waals surface area contributed by atoms with Gasteiger partial charge in [0.2, 0.25) is 5.91 Å². The third-order valence-electron chi connectivity index (χ3n) is 6.30. The number of carbonyl (C=O) groups excluding carboxylic acids is 3. The summed E-state index contributed by atoms with van der Waals surface area (Å²) in [6.07, 6.45) is 2.28. The standard InChI is InChI=1S/C33H29Cl2N3O3S/c1-3-22-12-7-9-21(2)31(22)38-30(39)20-42-25-17-15-24(16-18-25)36-33(41)29(19-26-27(34)13-8-14-28(26)35)37-32(40)23-10-5-4-6-11-23/h4-19H,3,20H2,1-2H3,(H,36,41)(H,37,40)(H,38,39)/b29-19-. The molecule has 0 radical (unpaired) electrons. The Balaban J connectivity index is 1.44. The van der Waals surface area contributed by atoms with E-state index in [-0.39, 0.29) is 17.4 Å². The van der Waals surface area contributed by atoms with Crippen molar-refractivity contribution in [3.8, 4) is 0 Å². The van der Waals surface area contributed by atoms with Gasteiger partial charge in [-0.2, -0.15) is 0 Å². The first-order chi connectivity index (χ1) is 20.2. The second-order valence-electron chi connectivity index (χ2n) is 9.29. The molecule has 0 aliphatic heterocycles. The maximum atomic E-state index is 13.3. The van der Waals surface area contributed by atoms with Gasteiger partial charge in [0.1, 0.15) is 5.70 Å². The Labute approximate surface area is 259 Å². The highest BCUT2D eigenvalue weighted by Crippen LogP contribution is 2.27. The number of halogens is 2. The van der Waals surface area contributed by atoms with Gasteiger partial charge in [0, 0.05) is 37.4 Å². The van der Waals surface area contributed by atoms with Crippen molar-refractivity contribution in [1.29, 1.82) is 0 Å². The van der Waals surface area contributed by atoms with Gasteiger partial charge < -0.3 is 16.0 Å². The van der Waals surface area contributed by atoms with Gasteiger partial charge in [-0.25, -0.2) is 0 Å². The number of aryl methyl sites for hydroxylation is 2. The Hall–Kier alpha value is -4.04. The summed E-state index contributed by atoms with van der Waals surface area (Å²) < 4.78 is 0. The highest BCUT2D eigenvalue weighted by molar-refractivity contribution is 8.00. The maximum absolute atomic E-state index is 13.3. The Morgan fingerprint density at radius 1 is 0.810 bits per heavy atom. The van der Waals surface area contributed by atoms with Crippen molar-refractivity contribution in [1.82, 2.24) is 5.32 Å². The van der Waals surface area contributed by atoms with Crippen LogP contribution in [0.5, 0.6) is 0 Å². The molecule has 0 saturated carbocycles. The molecule has 0 bridgehead atoms. The van der Waals surface area contributed by atoms with E-state index in [2.05, 4.69) is 22.9 Å². The number of anilines is 2. The van der Waals surface area contributed by atoms with Gasteiger partial charge in [-0.15, -0.1) is 11.8 Å². The van der Waals surface area contributed by atoms with Gasteiger partial charge >= 0.3 is 0 Å². The molecule has 6 nitrogen and oxygen atoms in total. The van der Waals surface area contributed by atoms with Crippen molar-refractivity contribution in [3.63, 3.8) is 0 Å². The van der Waals surface area contributed by atoms with Crippen LogP contribution in [-0.4, -0.2) is 23.5 Å². The lowest BCUT2D eigenvalue weighted by atomic mass is 10.1. The molecule has 0 aliphatic rings. The monoisotopic (exact) mass is 617 g/mol. The molecule has 4 aromatic rings. The highest BCUT2D eigenvalue weighted by atomic mass is 35.5. The van der Waals surface area contributed by atoms with Crippen molar-refractivity contribution in [2.45, 2.75) is 25.2 Å². The largest absolute Gasteiger partial charge is 0.325 e. The van der Waals surface area contributed by atoms with Crippen LogP contribution < -0.4 is 16.0 Å². The van der Waals surface area contributed by atoms with E-state index in [1.54, 1.807) is 60.7 Å². The van der Waals surface area contributed by atoms with Gasteiger partial charge in [0.05, 0.1) is 5.75 Å². The fourth-order valence-corrected chi connectivity index (χ4v) is 5.30. The van der Waals surface area contributed by atoms with Crippen LogP contribution in [0.1, 0.15) is 34.0 Å². The van der Waals surface area contributed by atoms with Gasteiger partial charge in [-0.3, -0.25) is 14.4 Å². The highest BCUT2D eigenvalue weighted by Gasteiger charge is 2.17. The number of amides is 3. The van der Waals surface area contributed by atoms with E-state index in [1.165, 1.54) is 17.8 Å². The van der Waals surface area contributed by atoms with Gasteiger partial charge in [-0.1, -0.05) is 72.6 Å². The normalized spacial score (nSPS) is 11.1. The zero-order valence-corrected chi connectivity index (χ0v) is 25.4. The van der Waals surface area contributed by atoms with Crippen molar-refractivity contribution >= 4 is 70.1 Å². The number of nitrogens with one attached hydrogen (secondary N) is 3. The molecule has 4 aromatic carbocycles. The molecule has 3 N–H and O–H groups in total. The van der Waals surface area contributed by atoms with Gasteiger partial charge in [0.25, 0.3) is 11.8 Å². The zero-order chi connectivity index (χ0) is 30.1. The molecule has 9 heteroatoms. The minimum Gasteiger partial charge on any atom is -0.325 e. The molecule has 0 fully saturated rings. The summed E-state index contributed by atoms with van der Waals surface area (Å²) in [4.78, 5) is 39.7. The van der Waals surface area contributed by atoms with Crippen LogP contribution in [0, 0.1) is 6.92 Å². The molecule has 0 aliphatic carbocycles. The lowest BCUT2D eigenvalue weighted by Gasteiger charge is -2.13. The van der Waals surface area contributed by atoms with E-state index in [9.17, 15) is 14.4 Å². The maximum Gasteiger partial charge on any atom is 0.272 e. The van der Waals surface area contributed by atoms with Crippen molar-refractivity contribution in [3.05, 3.63) is 129 Å². The third kappa shape index (κ3) is 8.26. The van der Waals surface area contributed by atoms with E-state index >= 15 is 0 Å². The molecule has 3 amide bonds. The third-order valence-corrected chi connectivity index (χ3v) is 7.97. The number of benzene rings is 4. The van der Waals surface area contributed by atoms with Crippen molar-refractivity contribution < 1.29 is 14.4 Å². The van der Waals surface area contributed by atoms with Gasteiger partial charge in [-0.05, 0) is 79.1 Å². The summed E-state index contributed by atoms with van der Waals surface area (Å²) in [5, 5.41) is 9.18. The van der Waals surface area contributed by atoms with Crippen LogP contribution in [0.2, 0.25) is 10.0 Å². The van der Waals surface area contributed by atoms with E-state index < -0.39 is 11.8 Å². The van der Waals surface area contributed by atoms with E-state index in [1.807, 2.05) is 37.3 Å². The summed E-state index contributed by atoms with van der Waals surface area (Å²) in [7, 11) is 0. The fourth-order valence-electron chi connectivity index (χ4n) is 4.09. The van der Waals surface area contributed by atoms with E-state index in [0.29, 0.717) is 26.9 Å². The Morgan fingerprint density at radius 2 is 1.48 bits per heavy atom. The topological polar surface area (TPSA) is 87.3 Å². The predicted octanol–water partition coefficient (Wildman–Crippen LogP) is 8.00. The molecule has 42 heavy (non-hydrogen) atoms. The molecule has 0 saturated heterocycles. The first kappa shape index (κ1) is 30.9. The number of hydrogen-bond acceptors (Lipinski definition) is 4. The summed E-state index contributed by atoms with van der Waals surface area (Å²) in [5.41, 5.74) is 4.26. The Bertz CT molecular complexity index is 1600. The molecular weight excluding hydrogens is 589 g/mol. The molecule has 0 heterocycles. The average molecular weight is 619 g/mol. The van der Waals surface area contributed by atoms with Crippen molar-refractivity contribution in [2.75, 3.05) is 16.4 Å². The smallest absolute Gasteiger partial charge is 0.272 e. The summed E-state index contributed by atoms with van der Waals surface area (Å²) in [6, 6.07) is 26.6. The zero-order valence-electron chi connectivity index (χ0n) is 23.0. The molecule has 0 aromatic heterocycles.